The normalized spacial score (nSPS) is 22.8. The smallest absolute Gasteiger partial charge is 0.290 e. The first-order valence-electron chi connectivity index (χ1n) is 9.91. The zero-order chi connectivity index (χ0) is 19.7. The van der Waals surface area contributed by atoms with Crippen LogP contribution in [-0.2, 0) is 21.2 Å². The molecule has 4 rings (SSSR count). The number of quaternary nitrogens is 1. The molecule has 8 heteroatoms. The molecule has 0 radical (unpaired) electrons. The molecule has 2 aromatic rings. The van der Waals surface area contributed by atoms with E-state index in [0.29, 0.717) is 43.4 Å². The van der Waals surface area contributed by atoms with Crippen LogP contribution in [0.1, 0.15) is 29.5 Å². The number of nitrogens with zero attached hydrogens (tertiary/aromatic N) is 1. The summed E-state index contributed by atoms with van der Waals surface area (Å²) in [6.07, 6.45) is 0.730. The van der Waals surface area contributed by atoms with Gasteiger partial charge < -0.3 is 19.0 Å². The Hall–Kier alpha value is -1.90. The van der Waals surface area contributed by atoms with Gasteiger partial charge in [0.25, 0.3) is 5.91 Å². The highest BCUT2D eigenvalue weighted by Crippen LogP contribution is 2.27. The fourth-order valence-electron chi connectivity index (χ4n) is 4.28. The minimum atomic E-state index is -2.88. The summed E-state index contributed by atoms with van der Waals surface area (Å²) in [5.41, 5.74) is 1.50. The van der Waals surface area contributed by atoms with Gasteiger partial charge in [-0.15, -0.1) is 0 Å². The second-order valence-electron chi connectivity index (χ2n) is 7.59. The number of fused-ring (bicyclic) bond motifs is 1. The molecule has 1 N–H and O–H groups in total. The first kappa shape index (κ1) is 19.4. The van der Waals surface area contributed by atoms with Gasteiger partial charge in [-0.25, -0.2) is 8.42 Å². The SMILES string of the molecule is CCOCc1c(C(=O)N2CC[NH+]([C@@H]3CCS(=O)(=O)C3)CC2)oc2ccccc12. The number of piperazine rings is 1. The van der Waals surface area contributed by atoms with E-state index in [1.54, 1.807) is 0 Å². The fourth-order valence-corrected chi connectivity index (χ4v) is 6.11. The van der Waals surface area contributed by atoms with Gasteiger partial charge in [0.2, 0.25) is 0 Å². The van der Waals surface area contributed by atoms with Crippen molar-refractivity contribution in [3.8, 4) is 0 Å². The van der Waals surface area contributed by atoms with Gasteiger partial charge in [-0.05, 0) is 13.0 Å². The highest BCUT2D eigenvalue weighted by molar-refractivity contribution is 7.91. The molecule has 28 heavy (non-hydrogen) atoms. The lowest BCUT2D eigenvalue weighted by atomic mass is 10.1. The monoisotopic (exact) mass is 407 g/mol. The topological polar surface area (TPSA) is 81.3 Å². The van der Waals surface area contributed by atoms with Gasteiger partial charge in [0.15, 0.2) is 15.6 Å². The average Bonchev–Trinajstić information content (AvgIpc) is 3.26. The largest absolute Gasteiger partial charge is 0.451 e. The molecule has 0 aliphatic carbocycles. The fraction of sp³-hybridized carbons (Fsp3) is 0.550. The zero-order valence-corrected chi connectivity index (χ0v) is 17.0. The number of rotatable bonds is 5. The molecule has 1 aromatic heterocycles. The average molecular weight is 408 g/mol. The van der Waals surface area contributed by atoms with E-state index in [0.717, 1.165) is 30.5 Å². The summed E-state index contributed by atoms with van der Waals surface area (Å²) in [6.45, 7) is 5.60. The summed E-state index contributed by atoms with van der Waals surface area (Å²) in [5, 5.41) is 0.916. The van der Waals surface area contributed by atoms with E-state index in [2.05, 4.69) is 0 Å². The van der Waals surface area contributed by atoms with Gasteiger partial charge >= 0.3 is 0 Å². The summed E-state index contributed by atoms with van der Waals surface area (Å²) < 4.78 is 35.0. The van der Waals surface area contributed by atoms with Gasteiger partial charge in [-0.3, -0.25) is 4.79 Å². The van der Waals surface area contributed by atoms with E-state index in [9.17, 15) is 13.2 Å². The molecule has 2 aliphatic heterocycles. The van der Waals surface area contributed by atoms with Crippen LogP contribution in [0.25, 0.3) is 11.0 Å². The number of ether oxygens (including phenoxy) is 1. The summed E-state index contributed by atoms with van der Waals surface area (Å²) in [5.74, 6) is 0.827. The third-order valence-corrected chi connectivity index (χ3v) is 7.61. The molecule has 0 unspecified atom stereocenters. The molecule has 2 fully saturated rings. The summed E-state index contributed by atoms with van der Waals surface area (Å²) >= 11 is 0. The number of nitrogens with one attached hydrogen (secondary N) is 1. The summed E-state index contributed by atoms with van der Waals surface area (Å²) in [6, 6.07) is 7.81. The van der Waals surface area contributed by atoms with Crippen molar-refractivity contribution in [1.82, 2.24) is 4.90 Å². The Morgan fingerprint density at radius 3 is 2.71 bits per heavy atom. The number of hydrogen-bond acceptors (Lipinski definition) is 5. The molecule has 152 valence electrons. The van der Waals surface area contributed by atoms with Crippen LogP contribution in [0, 0.1) is 0 Å². The number of benzene rings is 1. The predicted molar refractivity (Wildman–Crippen MR) is 105 cm³/mol. The quantitative estimate of drug-likeness (QED) is 0.781. The number of amides is 1. The Morgan fingerprint density at radius 2 is 2.04 bits per heavy atom. The van der Waals surface area contributed by atoms with Crippen LogP contribution in [0.2, 0.25) is 0 Å². The molecular weight excluding hydrogens is 380 g/mol. The molecule has 0 saturated carbocycles. The van der Waals surface area contributed by atoms with E-state index in [1.807, 2.05) is 36.1 Å². The van der Waals surface area contributed by atoms with Crippen LogP contribution >= 0.6 is 0 Å². The van der Waals surface area contributed by atoms with Crippen molar-refractivity contribution in [3.05, 3.63) is 35.6 Å². The number of carbonyl (C=O) groups excluding carboxylic acids is 1. The third kappa shape index (κ3) is 3.81. The highest BCUT2D eigenvalue weighted by Gasteiger charge is 2.38. The molecular formula is C20H27N2O5S+. The van der Waals surface area contributed by atoms with E-state index >= 15 is 0 Å². The molecule has 2 saturated heterocycles. The van der Waals surface area contributed by atoms with Crippen molar-refractivity contribution in [1.29, 1.82) is 0 Å². The van der Waals surface area contributed by atoms with Crippen molar-refractivity contribution in [2.24, 2.45) is 0 Å². The van der Waals surface area contributed by atoms with E-state index in [4.69, 9.17) is 9.15 Å². The molecule has 1 atom stereocenters. The molecule has 7 nitrogen and oxygen atoms in total. The van der Waals surface area contributed by atoms with Crippen LogP contribution in [0.3, 0.4) is 0 Å². The number of carbonyl (C=O) groups is 1. The minimum Gasteiger partial charge on any atom is -0.451 e. The number of hydrogen-bond donors (Lipinski definition) is 1. The van der Waals surface area contributed by atoms with E-state index in [-0.39, 0.29) is 17.7 Å². The second-order valence-corrected chi connectivity index (χ2v) is 9.82. The molecule has 3 heterocycles. The van der Waals surface area contributed by atoms with Crippen molar-refractivity contribution in [3.63, 3.8) is 0 Å². The van der Waals surface area contributed by atoms with Crippen LogP contribution < -0.4 is 4.90 Å². The Morgan fingerprint density at radius 1 is 1.29 bits per heavy atom. The Bertz CT molecular complexity index is 960. The maximum Gasteiger partial charge on any atom is 0.290 e. The first-order valence-corrected chi connectivity index (χ1v) is 11.7. The lowest BCUT2D eigenvalue weighted by molar-refractivity contribution is -0.925. The van der Waals surface area contributed by atoms with Gasteiger partial charge in [-0.1, -0.05) is 18.2 Å². The lowest BCUT2D eigenvalue weighted by Gasteiger charge is -2.34. The van der Waals surface area contributed by atoms with Crippen molar-refractivity contribution in [2.45, 2.75) is 26.0 Å². The highest BCUT2D eigenvalue weighted by atomic mass is 32.2. The summed E-state index contributed by atoms with van der Waals surface area (Å²) in [7, 11) is -2.88. The van der Waals surface area contributed by atoms with Crippen molar-refractivity contribution in [2.75, 3.05) is 44.3 Å². The maximum atomic E-state index is 13.2. The van der Waals surface area contributed by atoms with Crippen LogP contribution in [0.15, 0.2) is 28.7 Å². The number of furan rings is 1. The molecule has 0 bridgehead atoms. The minimum absolute atomic E-state index is 0.107. The summed E-state index contributed by atoms with van der Waals surface area (Å²) in [4.78, 5) is 16.3. The van der Waals surface area contributed by atoms with Gasteiger partial charge in [0, 0.05) is 24.0 Å². The molecule has 1 amide bonds. The lowest BCUT2D eigenvalue weighted by Crippen LogP contribution is -3.18. The van der Waals surface area contributed by atoms with E-state index < -0.39 is 9.84 Å². The molecule has 0 spiro atoms. The first-order chi connectivity index (χ1) is 13.5. The molecule has 2 aliphatic rings. The van der Waals surface area contributed by atoms with Crippen LogP contribution in [0.4, 0.5) is 0 Å². The number of para-hydroxylation sites is 1. The predicted octanol–water partition coefficient (Wildman–Crippen LogP) is 0.497. The van der Waals surface area contributed by atoms with Gasteiger partial charge in [0.1, 0.15) is 17.4 Å². The van der Waals surface area contributed by atoms with Gasteiger partial charge in [0.05, 0.1) is 38.5 Å². The van der Waals surface area contributed by atoms with E-state index in [1.165, 1.54) is 4.90 Å². The Labute approximate surface area is 165 Å². The van der Waals surface area contributed by atoms with Crippen LogP contribution in [0.5, 0.6) is 0 Å². The van der Waals surface area contributed by atoms with Crippen LogP contribution in [-0.4, -0.2) is 69.6 Å². The molecule has 1 aromatic carbocycles. The second kappa shape index (κ2) is 7.85. The van der Waals surface area contributed by atoms with Gasteiger partial charge in [-0.2, -0.15) is 0 Å². The maximum absolute atomic E-state index is 13.2. The number of sulfone groups is 1. The van der Waals surface area contributed by atoms with Crippen molar-refractivity contribution < 1.29 is 27.3 Å². The van der Waals surface area contributed by atoms with Crippen molar-refractivity contribution >= 4 is 26.7 Å². The third-order valence-electron chi connectivity index (χ3n) is 5.85. The Kier molecular flexibility index (Phi) is 5.44. The zero-order valence-electron chi connectivity index (χ0n) is 16.1. The standard InChI is InChI=1S/C20H26N2O5S/c1-2-26-13-17-16-5-3-4-6-18(16)27-19(17)20(23)22-10-8-21(9-11-22)15-7-12-28(24,25)14-15/h3-6,15H,2,7-14H2,1H3/p+1/t15-/m1/s1. The Balaban J connectivity index is 1.48.